The number of carbonyl (C=O) groups excluding carboxylic acids is 3. The summed E-state index contributed by atoms with van der Waals surface area (Å²) in [6, 6.07) is 18.4. The first-order chi connectivity index (χ1) is 13.0. The summed E-state index contributed by atoms with van der Waals surface area (Å²) in [5.41, 5.74) is 1.74. The summed E-state index contributed by atoms with van der Waals surface area (Å²) in [7, 11) is 0. The van der Waals surface area contributed by atoms with Crippen molar-refractivity contribution >= 4 is 18.2 Å². The Hall–Kier alpha value is -3.03. The molecule has 2 aromatic carbocycles. The highest BCUT2D eigenvalue weighted by Gasteiger charge is 2.28. The highest BCUT2D eigenvalue weighted by Crippen LogP contribution is 2.14. The van der Waals surface area contributed by atoms with Crippen LogP contribution < -0.4 is 5.84 Å². The Morgan fingerprint density at radius 3 is 2.11 bits per heavy atom. The molecule has 0 saturated heterocycles. The zero-order valence-electron chi connectivity index (χ0n) is 14.9. The molecule has 2 rings (SSSR count). The summed E-state index contributed by atoms with van der Waals surface area (Å²) in [6.07, 6.45) is 1.09. The topological polar surface area (TPSA) is 104 Å². The Morgan fingerprint density at radius 1 is 1.00 bits per heavy atom. The van der Waals surface area contributed by atoms with Gasteiger partial charge in [0.2, 0.25) is 18.2 Å². The second-order valence-corrected chi connectivity index (χ2v) is 6.21. The number of hydrogen-bond donors (Lipinski definition) is 2. The number of aryl methyl sites for hydroxylation is 1. The smallest absolute Gasteiger partial charge is 0.248 e. The van der Waals surface area contributed by atoms with Crippen LogP contribution in [0.25, 0.3) is 0 Å². The molecule has 3 amide bonds. The molecule has 0 radical (unpaired) electrons. The van der Waals surface area contributed by atoms with E-state index in [9.17, 15) is 19.6 Å². The lowest BCUT2D eigenvalue weighted by atomic mass is 9.98. The van der Waals surface area contributed by atoms with E-state index in [1.54, 1.807) is 24.3 Å². The summed E-state index contributed by atoms with van der Waals surface area (Å²) >= 11 is 0. The van der Waals surface area contributed by atoms with Crippen molar-refractivity contribution in [2.75, 3.05) is 6.54 Å². The van der Waals surface area contributed by atoms with E-state index < -0.39 is 17.7 Å². The van der Waals surface area contributed by atoms with Crippen molar-refractivity contribution in [1.82, 2.24) is 10.1 Å². The van der Waals surface area contributed by atoms with E-state index in [0.29, 0.717) is 22.9 Å². The number of hydrazine groups is 1. The van der Waals surface area contributed by atoms with Crippen molar-refractivity contribution in [2.45, 2.75) is 19.3 Å². The lowest BCUT2D eigenvalue weighted by molar-refractivity contribution is -0.159. The Labute approximate surface area is 157 Å². The minimum absolute atomic E-state index is 0.00892. The highest BCUT2D eigenvalue weighted by molar-refractivity contribution is 5.96. The fraction of sp³-hybridized carbons (Fsp3) is 0.250. The van der Waals surface area contributed by atoms with Crippen molar-refractivity contribution in [1.29, 1.82) is 0 Å². The number of rotatable bonds is 9. The molecule has 0 bridgehead atoms. The zero-order valence-corrected chi connectivity index (χ0v) is 14.9. The molecule has 0 saturated carbocycles. The van der Waals surface area contributed by atoms with E-state index in [2.05, 4.69) is 0 Å². The van der Waals surface area contributed by atoms with Gasteiger partial charge in [-0.05, 0) is 24.0 Å². The zero-order chi connectivity index (χ0) is 19.6. The number of benzene rings is 2. The van der Waals surface area contributed by atoms with E-state index in [0.717, 1.165) is 11.1 Å². The van der Waals surface area contributed by atoms with Gasteiger partial charge in [0.1, 0.15) is 0 Å². The van der Waals surface area contributed by atoms with Crippen LogP contribution in [0.3, 0.4) is 0 Å². The lowest BCUT2D eigenvalue weighted by Crippen LogP contribution is -2.48. The third-order valence-corrected chi connectivity index (χ3v) is 4.21. The first-order valence-corrected chi connectivity index (χ1v) is 8.61. The predicted molar refractivity (Wildman–Crippen MR) is 99.0 cm³/mol. The van der Waals surface area contributed by atoms with Crippen molar-refractivity contribution in [3.63, 3.8) is 0 Å². The third-order valence-electron chi connectivity index (χ3n) is 4.21. The largest absolute Gasteiger partial charge is 0.286 e. The number of nitrogens with zero attached hydrogens (tertiary/aromatic N) is 2. The summed E-state index contributed by atoms with van der Waals surface area (Å²) in [5, 5.41) is 10.5. The van der Waals surface area contributed by atoms with Crippen LogP contribution >= 0.6 is 0 Å². The van der Waals surface area contributed by atoms with Gasteiger partial charge >= 0.3 is 0 Å². The molecule has 0 heterocycles. The highest BCUT2D eigenvalue weighted by atomic mass is 16.5. The molecule has 3 N–H and O–H groups in total. The van der Waals surface area contributed by atoms with Gasteiger partial charge in [0.15, 0.2) is 0 Å². The minimum Gasteiger partial charge on any atom is -0.286 e. The average Bonchev–Trinajstić information content (AvgIpc) is 2.71. The molecule has 7 nitrogen and oxygen atoms in total. The molecule has 0 aliphatic heterocycles. The van der Waals surface area contributed by atoms with Crippen molar-refractivity contribution in [2.24, 2.45) is 11.8 Å². The van der Waals surface area contributed by atoms with Gasteiger partial charge in [0.05, 0.1) is 18.9 Å². The SMILES string of the molecule is NN(C(=O)Cc1ccccc1)C(=O)C(CCc1ccccc1)CN(O)C=O. The molecular formula is C20H23N3O4. The molecule has 1 unspecified atom stereocenters. The van der Waals surface area contributed by atoms with Gasteiger partial charge in [0, 0.05) is 0 Å². The van der Waals surface area contributed by atoms with Crippen LogP contribution in [0, 0.1) is 5.92 Å². The van der Waals surface area contributed by atoms with Crippen LogP contribution in [0.4, 0.5) is 0 Å². The van der Waals surface area contributed by atoms with Gasteiger partial charge in [-0.15, -0.1) is 0 Å². The van der Waals surface area contributed by atoms with Gasteiger partial charge in [0.25, 0.3) is 0 Å². The number of carbonyl (C=O) groups is 3. The van der Waals surface area contributed by atoms with E-state index >= 15 is 0 Å². The Kier molecular flexibility index (Phi) is 7.66. The normalized spacial score (nSPS) is 11.5. The Bertz CT molecular complexity index is 752. The molecule has 2 aromatic rings. The summed E-state index contributed by atoms with van der Waals surface area (Å²) in [6.45, 7) is -0.235. The maximum atomic E-state index is 12.7. The first-order valence-electron chi connectivity index (χ1n) is 8.61. The van der Waals surface area contributed by atoms with E-state index in [4.69, 9.17) is 5.84 Å². The maximum absolute atomic E-state index is 12.7. The molecule has 0 fully saturated rings. The van der Waals surface area contributed by atoms with Gasteiger partial charge in [-0.25, -0.2) is 15.9 Å². The second kappa shape index (κ2) is 10.2. The second-order valence-electron chi connectivity index (χ2n) is 6.21. The molecule has 0 aliphatic rings. The van der Waals surface area contributed by atoms with Crippen molar-refractivity contribution < 1.29 is 19.6 Å². The van der Waals surface area contributed by atoms with Crippen molar-refractivity contribution in [3.8, 4) is 0 Å². The summed E-state index contributed by atoms with van der Waals surface area (Å²) in [4.78, 5) is 35.7. The molecular weight excluding hydrogens is 346 g/mol. The number of nitrogens with two attached hydrogens (primary N) is 1. The van der Waals surface area contributed by atoms with Crippen LogP contribution in [0.1, 0.15) is 17.5 Å². The molecule has 7 heteroatoms. The van der Waals surface area contributed by atoms with Crippen LogP contribution in [0.15, 0.2) is 60.7 Å². The van der Waals surface area contributed by atoms with Crippen LogP contribution in [0.2, 0.25) is 0 Å². The van der Waals surface area contributed by atoms with Crippen LogP contribution in [-0.2, 0) is 27.2 Å². The molecule has 0 spiro atoms. The fourth-order valence-electron chi connectivity index (χ4n) is 2.72. The molecule has 142 valence electrons. The average molecular weight is 369 g/mol. The van der Waals surface area contributed by atoms with Gasteiger partial charge < -0.3 is 0 Å². The maximum Gasteiger partial charge on any atom is 0.248 e. The molecule has 0 aromatic heterocycles. The third kappa shape index (κ3) is 6.32. The molecule has 0 aliphatic carbocycles. The number of hydroxylamine groups is 2. The minimum atomic E-state index is -0.801. The first kappa shape index (κ1) is 20.3. The van der Waals surface area contributed by atoms with E-state index in [1.807, 2.05) is 36.4 Å². The standard InChI is InChI=1S/C20H23N3O4/c21-23(19(25)13-17-9-5-2-6-10-17)20(26)18(14-22(27)15-24)12-11-16-7-3-1-4-8-16/h1-10,15,18,27H,11-14,21H2. The molecule has 1 atom stereocenters. The van der Waals surface area contributed by atoms with Crippen LogP contribution in [0.5, 0.6) is 0 Å². The Morgan fingerprint density at radius 2 is 1.56 bits per heavy atom. The predicted octanol–water partition coefficient (Wildman–Crippen LogP) is 1.55. The van der Waals surface area contributed by atoms with E-state index in [1.165, 1.54) is 0 Å². The van der Waals surface area contributed by atoms with Crippen LogP contribution in [-0.4, -0.2) is 40.0 Å². The van der Waals surface area contributed by atoms with Gasteiger partial charge in [-0.1, -0.05) is 60.7 Å². The van der Waals surface area contributed by atoms with Gasteiger partial charge in [-0.3, -0.25) is 19.6 Å². The molecule has 27 heavy (non-hydrogen) atoms. The number of amides is 3. The number of hydrogen-bond acceptors (Lipinski definition) is 5. The summed E-state index contributed by atoms with van der Waals surface area (Å²) < 4.78 is 0. The van der Waals surface area contributed by atoms with Crippen molar-refractivity contribution in [3.05, 3.63) is 71.8 Å². The lowest BCUT2D eigenvalue weighted by Gasteiger charge is -2.23. The van der Waals surface area contributed by atoms with E-state index in [-0.39, 0.29) is 19.4 Å². The quantitative estimate of drug-likeness (QED) is 0.229. The fourth-order valence-corrected chi connectivity index (χ4v) is 2.72. The Balaban J connectivity index is 2.04. The monoisotopic (exact) mass is 369 g/mol. The van der Waals surface area contributed by atoms with Gasteiger partial charge in [-0.2, -0.15) is 0 Å². The summed E-state index contributed by atoms with van der Waals surface area (Å²) in [5.74, 6) is 3.76. The number of imide groups is 1.